The van der Waals surface area contributed by atoms with Crippen LogP contribution in [0, 0.1) is 5.92 Å². The smallest absolute Gasteiger partial charge is 0.226 e. The normalized spacial score (nSPS) is 29.7. The molecule has 1 amide bonds. The Morgan fingerprint density at radius 2 is 2.10 bits per heavy atom. The minimum absolute atomic E-state index is 0.128. The molecule has 1 aliphatic heterocycles. The molecule has 2 atom stereocenters. The van der Waals surface area contributed by atoms with Gasteiger partial charge in [-0.3, -0.25) is 9.89 Å². The van der Waals surface area contributed by atoms with Crippen LogP contribution in [0.15, 0.2) is 12.2 Å². The fraction of sp³-hybridized carbons (Fsp3) is 0.625. The van der Waals surface area contributed by atoms with Crippen molar-refractivity contribution in [3.05, 3.63) is 23.4 Å². The second kappa shape index (κ2) is 4.76. The molecule has 2 aliphatic carbocycles. The van der Waals surface area contributed by atoms with Gasteiger partial charge in [-0.15, -0.1) is 0 Å². The molecule has 2 N–H and O–H groups in total. The summed E-state index contributed by atoms with van der Waals surface area (Å²) in [4.78, 5) is 12.0. The van der Waals surface area contributed by atoms with Gasteiger partial charge in [-0.05, 0) is 38.0 Å². The van der Waals surface area contributed by atoms with Gasteiger partial charge in [-0.25, -0.2) is 0 Å². The van der Waals surface area contributed by atoms with Crippen LogP contribution in [0.3, 0.4) is 0 Å². The minimum Gasteiger partial charge on any atom is -0.309 e. The van der Waals surface area contributed by atoms with Crippen molar-refractivity contribution >= 4 is 11.7 Å². The summed E-state index contributed by atoms with van der Waals surface area (Å²) in [6, 6.07) is 0. The number of nitrogens with zero attached hydrogens (tertiary/aromatic N) is 1. The van der Waals surface area contributed by atoms with Crippen molar-refractivity contribution in [3.8, 4) is 0 Å². The third-order valence-corrected chi connectivity index (χ3v) is 5.26. The van der Waals surface area contributed by atoms with Gasteiger partial charge in [0, 0.05) is 29.5 Å². The van der Waals surface area contributed by atoms with E-state index in [0.717, 1.165) is 18.7 Å². The Morgan fingerprint density at radius 3 is 2.80 bits per heavy atom. The highest BCUT2D eigenvalue weighted by Gasteiger charge is 2.37. The van der Waals surface area contributed by atoms with Gasteiger partial charge < -0.3 is 5.32 Å². The standard InChI is InChI=1S/C16H21N3O/c20-13-9-12(10-5-2-1-3-6-10)14-15(11-7-4-8-11)18-19-16(14)17-13/h1-2,10-12H,3-9H2,(H2,17,18,19,20). The molecule has 2 heterocycles. The van der Waals surface area contributed by atoms with E-state index in [1.165, 1.54) is 36.9 Å². The number of allylic oxidation sites excluding steroid dienone is 2. The molecule has 1 saturated carbocycles. The van der Waals surface area contributed by atoms with Gasteiger partial charge >= 0.3 is 0 Å². The van der Waals surface area contributed by atoms with Crippen molar-refractivity contribution in [2.75, 3.05) is 5.32 Å². The van der Waals surface area contributed by atoms with E-state index in [2.05, 4.69) is 27.7 Å². The zero-order valence-corrected chi connectivity index (χ0v) is 11.7. The molecule has 1 fully saturated rings. The Balaban J connectivity index is 1.71. The van der Waals surface area contributed by atoms with Crippen molar-refractivity contribution in [1.82, 2.24) is 10.2 Å². The average molecular weight is 271 g/mol. The molecule has 0 aromatic carbocycles. The third-order valence-electron chi connectivity index (χ3n) is 5.26. The number of aromatic nitrogens is 2. The van der Waals surface area contributed by atoms with Crippen LogP contribution in [-0.2, 0) is 4.79 Å². The topological polar surface area (TPSA) is 57.8 Å². The number of hydrogen-bond donors (Lipinski definition) is 2. The zero-order chi connectivity index (χ0) is 13.5. The van der Waals surface area contributed by atoms with Crippen LogP contribution in [0.5, 0.6) is 0 Å². The molecule has 4 heteroatoms. The van der Waals surface area contributed by atoms with E-state index in [1.54, 1.807) is 0 Å². The fourth-order valence-electron chi connectivity index (χ4n) is 3.91. The van der Waals surface area contributed by atoms with Gasteiger partial charge in [0.05, 0.1) is 0 Å². The van der Waals surface area contributed by atoms with Crippen molar-refractivity contribution in [1.29, 1.82) is 0 Å². The molecule has 0 spiro atoms. The molecule has 1 aromatic heterocycles. The molecule has 3 aliphatic rings. The van der Waals surface area contributed by atoms with Gasteiger partial charge in [0.25, 0.3) is 0 Å². The molecular weight excluding hydrogens is 250 g/mol. The first-order chi connectivity index (χ1) is 9.83. The molecule has 1 aromatic rings. The van der Waals surface area contributed by atoms with E-state index in [1.807, 2.05) is 0 Å². The van der Waals surface area contributed by atoms with E-state index in [0.29, 0.717) is 24.2 Å². The summed E-state index contributed by atoms with van der Waals surface area (Å²) < 4.78 is 0. The van der Waals surface area contributed by atoms with E-state index in [9.17, 15) is 4.79 Å². The Bertz CT molecular complexity index is 556. The lowest BCUT2D eigenvalue weighted by atomic mass is 9.72. The summed E-state index contributed by atoms with van der Waals surface area (Å²) in [6.07, 6.45) is 12.5. The maximum absolute atomic E-state index is 12.0. The number of aromatic amines is 1. The van der Waals surface area contributed by atoms with Gasteiger partial charge in [0.15, 0.2) is 5.82 Å². The number of amides is 1. The fourth-order valence-corrected chi connectivity index (χ4v) is 3.91. The predicted molar refractivity (Wildman–Crippen MR) is 77.6 cm³/mol. The van der Waals surface area contributed by atoms with Crippen molar-refractivity contribution < 1.29 is 4.79 Å². The lowest BCUT2D eigenvalue weighted by Gasteiger charge is -2.34. The lowest BCUT2D eigenvalue weighted by molar-refractivity contribution is -0.117. The molecule has 20 heavy (non-hydrogen) atoms. The summed E-state index contributed by atoms with van der Waals surface area (Å²) in [5.41, 5.74) is 2.64. The number of H-pyrrole nitrogens is 1. The monoisotopic (exact) mass is 271 g/mol. The first-order valence-corrected chi connectivity index (χ1v) is 7.86. The molecule has 0 radical (unpaired) electrons. The number of anilines is 1. The summed E-state index contributed by atoms with van der Waals surface area (Å²) in [5.74, 6) is 2.54. The largest absolute Gasteiger partial charge is 0.309 e. The molecule has 106 valence electrons. The number of fused-ring (bicyclic) bond motifs is 1. The Morgan fingerprint density at radius 1 is 1.20 bits per heavy atom. The molecule has 4 rings (SSSR count). The Hall–Kier alpha value is -1.58. The van der Waals surface area contributed by atoms with Crippen LogP contribution < -0.4 is 5.32 Å². The second-order valence-corrected chi connectivity index (χ2v) is 6.43. The molecule has 0 saturated heterocycles. The van der Waals surface area contributed by atoms with Gasteiger partial charge in [0.2, 0.25) is 5.91 Å². The van der Waals surface area contributed by atoms with Crippen LogP contribution in [0.1, 0.15) is 68.0 Å². The number of hydrogen-bond acceptors (Lipinski definition) is 2. The summed E-state index contributed by atoms with van der Waals surface area (Å²) in [6.45, 7) is 0. The van der Waals surface area contributed by atoms with Gasteiger partial charge in [-0.2, -0.15) is 5.10 Å². The molecule has 4 nitrogen and oxygen atoms in total. The van der Waals surface area contributed by atoms with E-state index in [-0.39, 0.29) is 5.91 Å². The highest BCUT2D eigenvalue weighted by atomic mass is 16.1. The number of nitrogens with one attached hydrogen (secondary N) is 2. The van der Waals surface area contributed by atoms with E-state index in [4.69, 9.17) is 0 Å². The SMILES string of the molecule is O=C1CC(C2CC=CCC2)c2c(n[nH]c2C2CCC2)N1. The average Bonchev–Trinajstić information content (AvgIpc) is 2.80. The summed E-state index contributed by atoms with van der Waals surface area (Å²) in [7, 11) is 0. The zero-order valence-electron chi connectivity index (χ0n) is 11.7. The Labute approximate surface area is 119 Å². The predicted octanol–water partition coefficient (Wildman–Crippen LogP) is 3.46. The maximum atomic E-state index is 12.0. The maximum Gasteiger partial charge on any atom is 0.226 e. The van der Waals surface area contributed by atoms with E-state index >= 15 is 0 Å². The third kappa shape index (κ3) is 1.89. The van der Waals surface area contributed by atoms with Crippen LogP contribution in [0.4, 0.5) is 5.82 Å². The summed E-state index contributed by atoms with van der Waals surface area (Å²) >= 11 is 0. The van der Waals surface area contributed by atoms with Crippen molar-refractivity contribution in [3.63, 3.8) is 0 Å². The van der Waals surface area contributed by atoms with Crippen LogP contribution in [0.25, 0.3) is 0 Å². The van der Waals surface area contributed by atoms with Crippen molar-refractivity contribution in [2.24, 2.45) is 5.92 Å². The highest BCUT2D eigenvalue weighted by molar-refractivity contribution is 5.94. The Kier molecular flexibility index (Phi) is 2.90. The minimum atomic E-state index is 0.128. The van der Waals surface area contributed by atoms with Crippen LogP contribution >= 0.6 is 0 Å². The highest BCUT2D eigenvalue weighted by Crippen LogP contribution is 2.47. The first-order valence-electron chi connectivity index (χ1n) is 7.86. The summed E-state index contributed by atoms with van der Waals surface area (Å²) in [5, 5.41) is 10.6. The molecule has 0 bridgehead atoms. The van der Waals surface area contributed by atoms with Gasteiger partial charge in [0.1, 0.15) is 0 Å². The first kappa shape index (κ1) is 12.2. The quantitative estimate of drug-likeness (QED) is 0.809. The number of rotatable bonds is 2. The van der Waals surface area contributed by atoms with E-state index < -0.39 is 0 Å². The molecular formula is C16H21N3O. The van der Waals surface area contributed by atoms with Gasteiger partial charge in [-0.1, -0.05) is 18.6 Å². The lowest BCUT2D eigenvalue weighted by Crippen LogP contribution is -2.28. The number of carbonyl (C=O) groups excluding carboxylic acids is 1. The second-order valence-electron chi connectivity index (χ2n) is 6.43. The van der Waals surface area contributed by atoms with Crippen molar-refractivity contribution in [2.45, 2.75) is 56.8 Å². The molecule has 2 unspecified atom stereocenters. The van der Waals surface area contributed by atoms with Crippen LogP contribution in [0.2, 0.25) is 0 Å². The van der Waals surface area contributed by atoms with Crippen LogP contribution in [-0.4, -0.2) is 16.1 Å². The number of carbonyl (C=O) groups is 1.